The van der Waals surface area contributed by atoms with Gasteiger partial charge >= 0.3 is 0 Å². The molecule has 1 heteroatoms. The van der Waals surface area contributed by atoms with Crippen molar-refractivity contribution in [2.75, 3.05) is 6.61 Å². The summed E-state index contributed by atoms with van der Waals surface area (Å²) in [7, 11) is 0. The van der Waals surface area contributed by atoms with Crippen LogP contribution in [-0.2, 0) is 0 Å². The van der Waals surface area contributed by atoms with Crippen LogP contribution < -0.4 is 0 Å². The van der Waals surface area contributed by atoms with E-state index in [-0.39, 0.29) is 0 Å². The lowest BCUT2D eigenvalue weighted by Crippen LogP contribution is -1.98. The van der Waals surface area contributed by atoms with E-state index in [0.717, 1.165) is 18.3 Å². The van der Waals surface area contributed by atoms with Gasteiger partial charge < -0.3 is 5.11 Å². The molecular weight excluding hydrogens is 136 g/mol. The zero-order valence-corrected chi connectivity index (χ0v) is 6.88. The average molecular weight is 150 g/mol. The normalized spacial score (nSPS) is 34.0. The lowest BCUT2D eigenvalue weighted by molar-refractivity contribution is 0.296. The van der Waals surface area contributed by atoms with Gasteiger partial charge in [0.25, 0.3) is 0 Å². The van der Waals surface area contributed by atoms with E-state index in [0.29, 0.717) is 6.61 Å². The summed E-state index contributed by atoms with van der Waals surface area (Å²) in [5.41, 5.74) is 2.89. The predicted octanol–water partition coefficient (Wildman–Crippen LogP) is 1.89. The number of aliphatic hydroxyl groups excluding tert-OH is 1. The number of fused-ring (bicyclic) bond motifs is 1. The summed E-state index contributed by atoms with van der Waals surface area (Å²) in [6, 6.07) is 0. The highest BCUT2D eigenvalue weighted by Gasteiger charge is 2.39. The molecular formula is C10H14O. The minimum atomic E-state index is 0.309. The van der Waals surface area contributed by atoms with E-state index in [1.54, 1.807) is 0 Å². The second-order valence-corrected chi connectivity index (χ2v) is 3.55. The molecule has 11 heavy (non-hydrogen) atoms. The summed E-state index contributed by atoms with van der Waals surface area (Å²) < 4.78 is 0. The third-order valence-corrected chi connectivity index (χ3v) is 2.77. The van der Waals surface area contributed by atoms with Gasteiger partial charge in [0.15, 0.2) is 0 Å². The summed E-state index contributed by atoms with van der Waals surface area (Å²) in [6.45, 7) is 2.46. The fourth-order valence-electron chi connectivity index (χ4n) is 2.00. The van der Waals surface area contributed by atoms with Crippen molar-refractivity contribution in [2.24, 2.45) is 11.8 Å². The monoisotopic (exact) mass is 150 g/mol. The summed E-state index contributed by atoms with van der Waals surface area (Å²) >= 11 is 0. The summed E-state index contributed by atoms with van der Waals surface area (Å²) in [6.07, 6.45) is 6.72. The molecule has 2 unspecified atom stereocenters. The van der Waals surface area contributed by atoms with E-state index in [1.165, 1.54) is 17.6 Å². The first-order valence-electron chi connectivity index (χ1n) is 4.31. The molecule has 0 amide bonds. The van der Waals surface area contributed by atoms with Crippen molar-refractivity contribution in [3.8, 4) is 0 Å². The second-order valence-electron chi connectivity index (χ2n) is 3.55. The molecule has 1 fully saturated rings. The Morgan fingerprint density at radius 1 is 1.64 bits per heavy atom. The topological polar surface area (TPSA) is 20.2 Å². The minimum Gasteiger partial charge on any atom is -0.396 e. The van der Waals surface area contributed by atoms with Crippen molar-refractivity contribution in [1.82, 2.24) is 0 Å². The Morgan fingerprint density at radius 3 is 3.18 bits per heavy atom. The van der Waals surface area contributed by atoms with Gasteiger partial charge in [0.05, 0.1) is 0 Å². The molecule has 0 radical (unpaired) electrons. The first-order chi connectivity index (χ1) is 5.33. The Balaban J connectivity index is 2.18. The van der Waals surface area contributed by atoms with Crippen molar-refractivity contribution < 1.29 is 5.11 Å². The first-order valence-corrected chi connectivity index (χ1v) is 4.31. The van der Waals surface area contributed by atoms with Crippen LogP contribution in [0.4, 0.5) is 0 Å². The van der Waals surface area contributed by atoms with Gasteiger partial charge in [-0.15, -0.1) is 0 Å². The van der Waals surface area contributed by atoms with Gasteiger partial charge in [0.1, 0.15) is 0 Å². The van der Waals surface area contributed by atoms with Crippen LogP contribution in [0.5, 0.6) is 0 Å². The molecule has 60 valence electrons. The maximum atomic E-state index is 8.81. The summed E-state index contributed by atoms with van der Waals surface area (Å²) in [4.78, 5) is 0. The van der Waals surface area contributed by atoms with Crippen LogP contribution in [0, 0.1) is 11.8 Å². The first kappa shape index (κ1) is 7.11. The van der Waals surface area contributed by atoms with Gasteiger partial charge in [-0.05, 0) is 31.6 Å². The van der Waals surface area contributed by atoms with Gasteiger partial charge in [-0.3, -0.25) is 0 Å². The average Bonchev–Trinajstić information content (AvgIpc) is 2.74. The fourth-order valence-corrected chi connectivity index (χ4v) is 2.00. The molecule has 2 rings (SSSR count). The summed E-state index contributed by atoms with van der Waals surface area (Å²) in [5.74, 6) is 1.62. The maximum absolute atomic E-state index is 8.81. The van der Waals surface area contributed by atoms with Crippen molar-refractivity contribution in [1.29, 1.82) is 0 Å². The highest BCUT2D eigenvalue weighted by Crippen LogP contribution is 2.49. The largest absolute Gasteiger partial charge is 0.396 e. The highest BCUT2D eigenvalue weighted by atomic mass is 16.2. The van der Waals surface area contributed by atoms with Crippen LogP contribution in [-0.4, -0.2) is 11.7 Å². The van der Waals surface area contributed by atoms with Crippen molar-refractivity contribution in [3.63, 3.8) is 0 Å². The zero-order chi connectivity index (χ0) is 7.84. The molecule has 0 aromatic heterocycles. The molecule has 0 spiro atoms. The Bertz CT molecular complexity index is 225. The fraction of sp³-hybridized carbons (Fsp3) is 0.600. The third kappa shape index (κ3) is 1.14. The van der Waals surface area contributed by atoms with Crippen LogP contribution in [0.3, 0.4) is 0 Å². The number of allylic oxidation sites excluding steroid dienone is 3. The van der Waals surface area contributed by atoms with Crippen LogP contribution in [0.2, 0.25) is 0 Å². The summed E-state index contributed by atoms with van der Waals surface area (Å²) in [5, 5.41) is 8.81. The lowest BCUT2D eigenvalue weighted by atomic mass is 9.96. The van der Waals surface area contributed by atoms with Gasteiger partial charge in [-0.25, -0.2) is 0 Å². The molecule has 0 aromatic carbocycles. The molecule has 0 aliphatic heterocycles. The van der Waals surface area contributed by atoms with E-state index < -0.39 is 0 Å². The smallest absolute Gasteiger partial charge is 0.0468 e. The van der Waals surface area contributed by atoms with E-state index in [2.05, 4.69) is 19.1 Å². The zero-order valence-electron chi connectivity index (χ0n) is 6.88. The molecule has 1 nitrogen and oxygen atoms in total. The highest BCUT2D eigenvalue weighted by molar-refractivity contribution is 5.36. The van der Waals surface area contributed by atoms with Crippen LogP contribution in [0.1, 0.15) is 19.8 Å². The Hall–Kier alpha value is -0.560. The van der Waals surface area contributed by atoms with Crippen LogP contribution in [0.25, 0.3) is 0 Å². The Morgan fingerprint density at radius 2 is 2.45 bits per heavy atom. The van der Waals surface area contributed by atoms with Crippen LogP contribution >= 0.6 is 0 Å². The Labute approximate surface area is 67.4 Å². The third-order valence-electron chi connectivity index (χ3n) is 2.77. The van der Waals surface area contributed by atoms with E-state index in [4.69, 9.17) is 5.11 Å². The number of aliphatic hydroxyl groups is 1. The molecule has 0 saturated heterocycles. The van der Waals surface area contributed by atoms with Crippen LogP contribution in [0.15, 0.2) is 23.3 Å². The molecule has 1 N–H and O–H groups in total. The maximum Gasteiger partial charge on any atom is 0.0468 e. The van der Waals surface area contributed by atoms with Crippen molar-refractivity contribution in [3.05, 3.63) is 23.3 Å². The molecule has 0 heterocycles. The van der Waals surface area contributed by atoms with E-state index >= 15 is 0 Å². The molecule has 2 aliphatic carbocycles. The molecule has 2 atom stereocenters. The number of rotatable bonds is 2. The molecule has 2 aliphatic rings. The molecule has 0 bridgehead atoms. The molecule has 0 aromatic rings. The van der Waals surface area contributed by atoms with Crippen molar-refractivity contribution in [2.45, 2.75) is 19.8 Å². The SMILES string of the molecule is CC1=C(CCO)C2CC2C=C1. The Kier molecular flexibility index (Phi) is 1.61. The predicted molar refractivity (Wildman–Crippen MR) is 45.1 cm³/mol. The van der Waals surface area contributed by atoms with Gasteiger partial charge in [-0.1, -0.05) is 23.3 Å². The lowest BCUT2D eigenvalue weighted by Gasteiger charge is -2.11. The van der Waals surface area contributed by atoms with Gasteiger partial charge in [0, 0.05) is 6.61 Å². The van der Waals surface area contributed by atoms with Crippen molar-refractivity contribution >= 4 is 0 Å². The van der Waals surface area contributed by atoms with E-state index in [1.807, 2.05) is 0 Å². The standard InChI is InChI=1S/C10H14O/c1-7-2-3-8-6-10(8)9(7)4-5-11/h2-3,8,10-11H,4-6H2,1H3. The quantitative estimate of drug-likeness (QED) is 0.637. The van der Waals surface area contributed by atoms with Gasteiger partial charge in [0.2, 0.25) is 0 Å². The molecule has 1 saturated carbocycles. The number of hydrogen-bond donors (Lipinski definition) is 1. The van der Waals surface area contributed by atoms with E-state index in [9.17, 15) is 0 Å². The minimum absolute atomic E-state index is 0.309. The number of hydrogen-bond acceptors (Lipinski definition) is 1. The van der Waals surface area contributed by atoms with Gasteiger partial charge in [-0.2, -0.15) is 0 Å². The second kappa shape index (κ2) is 2.49.